The van der Waals surface area contributed by atoms with Gasteiger partial charge in [0.05, 0.1) is 11.3 Å². The molecule has 0 bridgehead atoms. The molecule has 20 heavy (non-hydrogen) atoms. The Morgan fingerprint density at radius 1 is 1.30 bits per heavy atom. The molecule has 1 aliphatic heterocycles. The first-order valence-electron chi connectivity index (χ1n) is 6.97. The number of hydrogen-bond acceptors (Lipinski definition) is 5. The van der Waals surface area contributed by atoms with Crippen LogP contribution < -0.4 is 4.90 Å². The van der Waals surface area contributed by atoms with E-state index < -0.39 is 0 Å². The van der Waals surface area contributed by atoms with Crippen LogP contribution in [-0.4, -0.2) is 47.2 Å². The maximum atomic E-state index is 12.0. The van der Waals surface area contributed by atoms with Crippen LogP contribution in [0.25, 0.3) is 0 Å². The summed E-state index contributed by atoms with van der Waals surface area (Å²) in [5, 5.41) is 17.4. The van der Waals surface area contributed by atoms with E-state index in [4.69, 9.17) is 0 Å². The van der Waals surface area contributed by atoms with Gasteiger partial charge in [-0.05, 0) is 25.8 Å². The molecule has 3 rings (SSSR count). The predicted octanol–water partition coefficient (Wildman–Crippen LogP) is 0.715. The minimum absolute atomic E-state index is 0.274. The summed E-state index contributed by atoms with van der Waals surface area (Å²) in [6, 6.07) is 3.93. The van der Waals surface area contributed by atoms with Crippen LogP contribution >= 0.6 is 0 Å². The highest BCUT2D eigenvalue weighted by Gasteiger charge is 2.34. The molecule has 1 aliphatic carbocycles. The van der Waals surface area contributed by atoms with Gasteiger partial charge in [-0.3, -0.25) is 4.79 Å². The van der Waals surface area contributed by atoms with E-state index in [1.165, 1.54) is 0 Å². The number of anilines is 1. The van der Waals surface area contributed by atoms with Crippen molar-refractivity contribution in [3.8, 4) is 6.07 Å². The lowest BCUT2D eigenvalue weighted by molar-refractivity contribution is -0.132. The summed E-state index contributed by atoms with van der Waals surface area (Å²) in [4.78, 5) is 16.0. The molecule has 0 N–H and O–H groups in total. The van der Waals surface area contributed by atoms with Gasteiger partial charge in [0.2, 0.25) is 5.91 Å². The van der Waals surface area contributed by atoms with E-state index in [0.29, 0.717) is 43.5 Å². The van der Waals surface area contributed by atoms with Crippen molar-refractivity contribution in [3.63, 3.8) is 0 Å². The van der Waals surface area contributed by atoms with Gasteiger partial charge in [0.15, 0.2) is 5.82 Å². The zero-order valence-corrected chi connectivity index (χ0v) is 11.5. The third-order valence-electron chi connectivity index (χ3n) is 3.83. The average molecular weight is 271 g/mol. The van der Waals surface area contributed by atoms with E-state index in [0.717, 1.165) is 18.5 Å². The number of carbonyl (C=O) groups excluding carboxylic acids is 1. The van der Waals surface area contributed by atoms with Crippen LogP contribution in [0.3, 0.4) is 0 Å². The first-order valence-corrected chi connectivity index (χ1v) is 6.97. The van der Waals surface area contributed by atoms with Crippen molar-refractivity contribution in [1.82, 2.24) is 15.1 Å². The third-order valence-corrected chi connectivity index (χ3v) is 3.83. The predicted molar refractivity (Wildman–Crippen MR) is 73.0 cm³/mol. The zero-order valence-electron chi connectivity index (χ0n) is 11.5. The quantitative estimate of drug-likeness (QED) is 0.792. The Balaban J connectivity index is 1.69. The Labute approximate surface area is 118 Å². The molecule has 1 saturated heterocycles. The lowest BCUT2D eigenvalue weighted by Gasteiger charge is -2.35. The maximum absolute atomic E-state index is 12.0. The summed E-state index contributed by atoms with van der Waals surface area (Å²) in [6.07, 6.45) is 2.09. The molecular formula is C14H17N5O. The molecule has 1 saturated carbocycles. The molecular weight excluding hydrogens is 254 g/mol. The molecule has 104 valence electrons. The van der Waals surface area contributed by atoms with E-state index in [1.54, 1.807) is 6.07 Å². The molecule has 2 fully saturated rings. The second-order valence-electron chi connectivity index (χ2n) is 5.42. The van der Waals surface area contributed by atoms with E-state index >= 15 is 0 Å². The Hall–Kier alpha value is -2.16. The Morgan fingerprint density at radius 2 is 2.00 bits per heavy atom. The van der Waals surface area contributed by atoms with Crippen molar-refractivity contribution in [1.29, 1.82) is 5.26 Å². The highest BCUT2D eigenvalue weighted by Crippen LogP contribution is 2.31. The van der Waals surface area contributed by atoms with Gasteiger partial charge in [-0.25, -0.2) is 0 Å². The molecule has 0 spiro atoms. The molecule has 1 aromatic rings. The fraction of sp³-hybridized carbons (Fsp3) is 0.571. The summed E-state index contributed by atoms with van der Waals surface area (Å²) in [5.41, 5.74) is 1.30. The van der Waals surface area contributed by atoms with Gasteiger partial charge >= 0.3 is 0 Å². The molecule has 6 heteroatoms. The van der Waals surface area contributed by atoms with Crippen LogP contribution in [0, 0.1) is 24.2 Å². The van der Waals surface area contributed by atoms with Crippen molar-refractivity contribution in [2.75, 3.05) is 31.1 Å². The van der Waals surface area contributed by atoms with Crippen molar-refractivity contribution in [2.24, 2.45) is 5.92 Å². The van der Waals surface area contributed by atoms with Gasteiger partial charge in [-0.2, -0.15) is 10.4 Å². The molecule has 0 atom stereocenters. The summed E-state index contributed by atoms with van der Waals surface area (Å²) in [5.74, 6) is 1.20. The number of rotatable bonds is 2. The minimum Gasteiger partial charge on any atom is -0.350 e. The monoisotopic (exact) mass is 271 g/mol. The number of aromatic nitrogens is 2. The van der Waals surface area contributed by atoms with Crippen LogP contribution in [0.2, 0.25) is 0 Å². The zero-order chi connectivity index (χ0) is 14.1. The van der Waals surface area contributed by atoms with E-state index in [-0.39, 0.29) is 5.92 Å². The number of piperazine rings is 1. The van der Waals surface area contributed by atoms with Gasteiger partial charge in [-0.1, -0.05) is 0 Å². The second-order valence-corrected chi connectivity index (χ2v) is 5.42. The molecule has 1 amide bonds. The summed E-state index contributed by atoms with van der Waals surface area (Å²) in [7, 11) is 0. The highest BCUT2D eigenvalue weighted by atomic mass is 16.2. The van der Waals surface area contributed by atoms with Gasteiger partial charge in [0.25, 0.3) is 0 Å². The standard InChI is InChI=1S/C14H17N5O/c1-10-8-12(9-15)13(17-16-10)18-4-6-19(7-5-18)14(20)11-2-3-11/h8,11H,2-7H2,1H3. The van der Waals surface area contributed by atoms with Crippen molar-refractivity contribution >= 4 is 11.7 Å². The summed E-state index contributed by atoms with van der Waals surface area (Å²) >= 11 is 0. The average Bonchev–Trinajstić information content (AvgIpc) is 3.31. The van der Waals surface area contributed by atoms with Crippen LogP contribution in [0.4, 0.5) is 5.82 Å². The fourth-order valence-corrected chi connectivity index (χ4v) is 2.53. The van der Waals surface area contributed by atoms with Crippen LogP contribution in [0.15, 0.2) is 6.07 Å². The lowest BCUT2D eigenvalue weighted by atomic mass is 10.2. The van der Waals surface area contributed by atoms with E-state index in [9.17, 15) is 10.1 Å². The van der Waals surface area contributed by atoms with E-state index in [1.807, 2.05) is 16.7 Å². The molecule has 0 unspecified atom stereocenters. The summed E-state index contributed by atoms with van der Waals surface area (Å²) in [6.45, 7) is 4.66. The number of nitriles is 1. The van der Waals surface area contributed by atoms with Crippen molar-refractivity contribution < 1.29 is 4.79 Å². The number of aryl methyl sites for hydroxylation is 1. The molecule has 6 nitrogen and oxygen atoms in total. The fourth-order valence-electron chi connectivity index (χ4n) is 2.53. The van der Waals surface area contributed by atoms with Crippen molar-refractivity contribution in [3.05, 3.63) is 17.3 Å². The Morgan fingerprint density at radius 3 is 2.60 bits per heavy atom. The molecule has 0 radical (unpaired) electrons. The molecule has 2 heterocycles. The first-order chi connectivity index (χ1) is 9.69. The van der Waals surface area contributed by atoms with Crippen molar-refractivity contribution in [2.45, 2.75) is 19.8 Å². The number of hydrogen-bond donors (Lipinski definition) is 0. The van der Waals surface area contributed by atoms with Crippen LogP contribution in [-0.2, 0) is 4.79 Å². The van der Waals surface area contributed by atoms with Gasteiger partial charge < -0.3 is 9.80 Å². The maximum Gasteiger partial charge on any atom is 0.225 e. The first kappa shape index (κ1) is 12.9. The summed E-state index contributed by atoms with van der Waals surface area (Å²) < 4.78 is 0. The minimum atomic E-state index is 0.274. The SMILES string of the molecule is Cc1cc(C#N)c(N2CCN(C(=O)C3CC3)CC2)nn1. The molecule has 2 aliphatic rings. The number of amides is 1. The lowest BCUT2D eigenvalue weighted by Crippen LogP contribution is -2.49. The van der Waals surface area contributed by atoms with E-state index in [2.05, 4.69) is 16.3 Å². The molecule has 0 aromatic carbocycles. The van der Waals surface area contributed by atoms with Crippen LogP contribution in [0.1, 0.15) is 24.1 Å². The van der Waals surface area contributed by atoms with Gasteiger partial charge in [0, 0.05) is 32.1 Å². The second kappa shape index (κ2) is 5.08. The largest absolute Gasteiger partial charge is 0.350 e. The number of carbonyl (C=O) groups is 1. The topological polar surface area (TPSA) is 73.1 Å². The smallest absolute Gasteiger partial charge is 0.225 e. The van der Waals surface area contributed by atoms with Crippen LogP contribution in [0.5, 0.6) is 0 Å². The Kier molecular flexibility index (Phi) is 3.26. The third kappa shape index (κ3) is 2.44. The number of nitrogens with zero attached hydrogens (tertiary/aromatic N) is 5. The highest BCUT2D eigenvalue weighted by molar-refractivity contribution is 5.81. The van der Waals surface area contributed by atoms with Gasteiger partial charge in [-0.15, -0.1) is 5.10 Å². The normalized spacial score (nSPS) is 18.8. The molecule has 1 aromatic heterocycles. The Bertz CT molecular complexity index is 567. The van der Waals surface area contributed by atoms with Gasteiger partial charge in [0.1, 0.15) is 6.07 Å².